The Morgan fingerprint density at radius 1 is 1.45 bits per heavy atom. The van der Waals surface area contributed by atoms with Crippen LogP contribution in [0.4, 0.5) is 0 Å². The first kappa shape index (κ1) is 14.8. The fourth-order valence-corrected chi connectivity index (χ4v) is 2.54. The number of carbonyl (C=O) groups excluding carboxylic acids is 1. The van der Waals surface area contributed by atoms with E-state index in [9.17, 15) is 14.7 Å². The molecule has 6 nitrogen and oxygen atoms in total. The van der Waals surface area contributed by atoms with Gasteiger partial charge in [0.05, 0.1) is 21.8 Å². The van der Waals surface area contributed by atoms with Gasteiger partial charge in [0.2, 0.25) is 5.91 Å². The van der Waals surface area contributed by atoms with E-state index in [-0.39, 0.29) is 19.0 Å². The van der Waals surface area contributed by atoms with Crippen LogP contribution in [0.2, 0.25) is 5.02 Å². The summed E-state index contributed by atoms with van der Waals surface area (Å²) in [6.45, 7) is 6.06. The van der Waals surface area contributed by atoms with E-state index in [0.717, 1.165) is 5.69 Å². The quantitative estimate of drug-likeness (QED) is 0.917. The van der Waals surface area contributed by atoms with Crippen LogP contribution in [0.25, 0.3) is 0 Å². The van der Waals surface area contributed by atoms with Crippen molar-refractivity contribution in [3.05, 3.63) is 16.4 Å². The summed E-state index contributed by atoms with van der Waals surface area (Å²) in [4.78, 5) is 25.0. The molecule has 1 N–H and O–H groups in total. The Bertz CT molecular complexity index is 569. The van der Waals surface area contributed by atoms with Gasteiger partial charge in [-0.05, 0) is 27.2 Å². The van der Waals surface area contributed by atoms with Gasteiger partial charge < -0.3 is 10.0 Å². The number of likely N-dealkylation sites (tertiary alicyclic amines) is 1. The van der Waals surface area contributed by atoms with Crippen LogP contribution in [-0.2, 0) is 16.1 Å². The van der Waals surface area contributed by atoms with E-state index in [4.69, 9.17) is 11.6 Å². The highest BCUT2D eigenvalue weighted by atomic mass is 35.5. The van der Waals surface area contributed by atoms with E-state index in [1.807, 2.05) is 0 Å². The van der Waals surface area contributed by atoms with Gasteiger partial charge in [-0.2, -0.15) is 5.10 Å². The summed E-state index contributed by atoms with van der Waals surface area (Å²) in [6.07, 6.45) is 0.478. The lowest BCUT2D eigenvalue weighted by Gasteiger charge is -2.20. The minimum Gasteiger partial charge on any atom is -0.481 e. The molecule has 0 spiro atoms. The van der Waals surface area contributed by atoms with Crippen LogP contribution in [0.5, 0.6) is 0 Å². The zero-order chi connectivity index (χ0) is 15.1. The number of aryl methyl sites for hydroxylation is 1. The van der Waals surface area contributed by atoms with Crippen molar-refractivity contribution in [2.75, 3.05) is 13.1 Å². The van der Waals surface area contributed by atoms with Crippen molar-refractivity contribution >= 4 is 23.5 Å². The zero-order valence-electron chi connectivity index (χ0n) is 11.8. The molecule has 1 saturated heterocycles. The van der Waals surface area contributed by atoms with Crippen LogP contribution < -0.4 is 0 Å². The van der Waals surface area contributed by atoms with E-state index in [1.54, 1.807) is 30.4 Å². The van der Waals surface area contributed by atoms with Gasteiger partial charge in [0, 0.05) is 13.1 Å². The molecule has 1 atom stereocenters. The molecule has 7 heteroatoms. The van der Waals surface area contributed by atoms with Crippen molar-refractivity contribution < 1.29 is 14.7 Å². The Labute approximate surface area is 122 Å². The summed E-state index contributed by atoms with van der Waals surface area (Å²) in [6, 6.07) is 0. The minimum atomic E-state index is -0.859. The topological polar surface area (TPSA) is 75.4 Å². The maximum absolute atomic E-state index is 12.2. The molecule has 1 amide bonds. The number of amides is 1. The molecular formula is C13H18ClN3O3. The molecule has 1 aromatic rings. The Hall–Kier alpha value is -1.56. The van der Waals surface area contributed by atoms with E-state index in [0.29, 0.717) is 23.7 Å². The number of aliphatic carboxylic acids is 1. The number of rotatable bonds is 3. The van der Waals surface area contributed by atoms with Crippen LogP contribution in [0, 0.1) is 19.3 Å². The predicted octanol–water partition coefficient (Wildman–Crippen LogP) is 1.48. The van der Waals surface area contributed by atoms with E-state index >= 15 is 0 Å². The lowest BCUT2D eigenvalue weighted by molar-refractivity contribution is -0.147. The second-order valence-electron chi connectivity index (χ2n) is 5.57. The molecule has 0 bridgehead atoms. The number of carboxylic acid groups (broad SMARTS) is 1. The smallest absolute Gasteiger partial charge is 0.311 e. The lowest BCUT2D eigenvalue weighted by atomic mass is 9.90. The van der Waals surface area contributed by atoms with Gasteiger partial charge in [-0.1, -0.05) is 11.6 Å². The maximum atomic E-state index is 12.2. The summed E-state index contributed by atoms with van der Waals surface area (Å²) in [5, 5.41) is 14.0. The van der Waals surface area contributed by atoms with Gasteiger partial charge >= 0.3 is 5.97 Å². The third-order valence-corrected chi connectivity index (χ3v) is 4.47. The van der Waals surface area contributed by atoms with E-state index < -0.39 is 11.4 Å². The van der Waals surface area contributed by atoms with Crippen molar-refractivity contribution in [2.45, 2.75) is 33.7 Å². The summed E-state index contributed by atoms with van der Waals surface area (Å²) in [5.74, 6) is -0.987. The molecule has 110 valence electrons. The van der Waals surface area contributed by atoms with Crippen LogP contribution in [0.3, 0.4) is 0 Å². The number of halogens is 1. The molecule has 1 aromatic heterocycles. The summed E-state index contributed by atoms with van der Waals surface area (Å²) >= 11 is 6.04. The maximum Gasteiger partial charge on any atom is 0.311 e. The third-order valence-electron chi connectivity index (χ3n) is 3.92. The predicted molar refractivity (Wildman–Crippen MR) is 73.7 cm³/mol. The average Bonchev–Trinajstić information content (AvgIpc) is 2.89. The van der Waals surface area contributed by atoms with Gasteiger partial charge in [-0.3, -0.25) is 14.3 Å². The summed E-state index contributed by atoms with van der Waals surface area (Å²) in [7, 11) is 0. The molecule has 1 aliphatic heterocycles. The van der Waals surface area contributed by atoms with Crippen LogP contribution in [0.1, 0.15) is 24.7 Å². The molecule has 0 aliphatic carbocycles. The van der Waals surface area contributed by atoms with Crippen molar-refractivity contribution in [3.8, 4) is 0 Å². The number of hydrogen-bond acceptors (Lipinski definition) is 3. The SMILES string of the molecule is Cc1nn(CC(=O)N2CCC(C)(C(=O)O)C2)c(C)c1Cl. The summed E-state index contributed by atoms with van der Waals surface area (Å²) in [5.41, 5.74) is 0.592. The van der Waals surface area contributed by atoms with Gasteiger partial charge in [-0.25, -0.2) is 0 Å². The third kappa shape index (κ3) is 2.52. The minimum absolute atomic E-state index is 0.0924. The van der Waals surface area contributed by atoms with Crippen molar-refractivity contribution in [1.82, 2.24) is 14.7 Å². The van der Waals surface area contributed by atoms with Gasteiger partial charge in [0.15, 0.2) is 0 Å². The van der Waals surface area contributed by atoms with Crippen molar-refractivity contribution in [3.63, 3.8) is 0 Å². The lowest BCUT2D eigenvalue weighted by Crippen LogP contribution is -2.36. The molecule has 0 saturated carbocycles. The van der Waals surface area contributed by atoms with Crippen LogP contribution in [0.15, 0.2) is 0 Å². The number of carboxylic acids is 1. The highest BCUT2D eigenvalue weighted by molar-refractivity contribution is 6.31. The molecule has 0 aromatic carbocycles. The Kier molecular flexibility index (Phi) is 3.77. The molecule has 1 unspecified atom stereocenters. The van der Waals surface area contributed by atoms with Crippen LogP contribution in [-0.4, -0.2) is 44.8 Å². The largest absolute Gasteiger partial charge is 0.481 e. The van der Waals surface area contributed by atoms with Gasteiger partial charge in [-0.15, -0.1) is 0 Å². The number of nitrogens with zero attached hydrogens (tertiary/aromatic N) is 3. The molecule has 0 radical (unpaired) electrons. The normalized spacial score (nSPS) is 22.3. The fraction of sp³-hybridized carbons (Fsp3) is 0.615. The molecule has 20 heavy (non-hydrogen) atoms. The van der Waals surface area contributed by atoms with Crippen molar-refractivity contribution in [2.24, 2.45) is 5.41 Å². The summed E-state index contributed by atoms with van der Waals surface area (Å²) < 4.78 is 1.57. The van der Waals surface area contributed by atoms with E-state index in [2.05, 4.69) is 5.10 Å². The molecule has 2 heterocycles. The Morgan fingerprint density at radius 2 is 2.10 bits per heavy atom. The second kappa shape index (κ2) is 5.09. The monoisotopic (exact) mass is 299 g/mol. The number of carbonyl (C=O) groups is 2. The highest BCUT2D eigenvalue weighted by Crippen LogP contribution is 2.30. The fourth-order valence-electron chi connectivity index (χ4n) is 2.41. The first-order valence-electron chi connectivity index (χ1n) is 6.45. The molecule has 2 rings (SSSR count). The highest BCUT2D eigenvalue weighted by Gasteiger charge is 2.42. The first-order valence-corrected chi connectivity index (χ1v) is 6.83. The first-order chi connectivity index (χ1) is 9.24. The van der Waals surface area contributed by atoms with Gasteiger partial charge in [0.25, 0.3) is 0 Å². The number of aromatic nitrogens is 2. The zero-order valence-corrected chi connectivity index (χ0v) is 12.6. The Morgan fingerprint density at radius 3 is 2.55 bits per heavy atom. The molecule has 1 fully saturated rings. The standard InChI is InChI=1S/C13H18ClN3O3/c1-8-11(14)9(2)17(15-8)6-10(18)16-5-4-13(3,7-16)12(19)20/h4-7H2,1-3H3,(H,19,20). The number of hydrogen-bond donors (Lipinski definition) is 1. The average molecular weight is 300 g/mol. The van der Waals surface area contributed by atoms with E-state index in [1.165, 1.54) is 0 Å². The molecular weight excluding hydrogens is 282 g/mol. The van der Waals surface area contributed by atoms with Gasteiger partial charge in [0.1, 0.15) is 6.54 Å². The van der Waals surface area contributed by atoms with Crippen molar-refractivity contribution in [1.29, 1.82) is 0 Å². The molecule has 1 aliphatic rings. The Balaban J connectivity index is 2.07. The van der Waals surface area contributed by atoms with Crippen LogP contribution >= 0.6 is 11.6 Å². The second-order valence-corrected chi connectivity index (χ2v) is 5.95.